The Kier molecular flexibility index (Phi) is 6.09. The van der Waals surface area contributed by atoms with E-state index in [1.807, 2.05) is 0 Å². The van der Waals surface area contributed by atoms with Crippen molar-refractivity contribution in [3.63, 3.8) is 0 Å². The van der Waals surface area contributed by atoms with Crippen LogP contribution in [0.25, 0.3) is 0 Å². The fraction of sp³-hybridized carbons (Fsp3) is 0.211. The monoisotopic (exact) mass is 440 g/mol. The van der Waals surface area contributed by atoms with Gasteiger partial charge in [-0.25, -0.2) is 9.67 Å². The fourth-order valence-corrected chi connectivity index (χ4v) is 2.84. The van der Waals surface area contributed by atoms with Crippen molar-refractivity contribution in [3.8, 4) is 0 Å². The predicted molar refractivity (Wildman–Crippen MR) is 103 cm³/mol. The van der Waals surface area contributed by atoms with Crippen LogP contribution >= 0.6 is 0 Å². The molecule has 0 unspecified atom stereocenters. The van der Waals surface area contributed by atoms with Gasteiger partial charge in [-0.2, -0.15) is 27.1 Å². The molecule has 164 valence electrons. The molecule has 0 bridgehead atoms. The summed E-state index contributed by atoms with van der Waals surface area (Å²) in [6.07, 6.45) is -3.05. The van der Waals surface area contributed by atoms with Gasteiger partial charge in [-0.05, 0) is 18.6 Å². The Morgan fingerprint density at radius 1 is 1.23 bits per heavy atom. The van der Waals surface area contributed by atoms with Crippen molar-refractivity contribution in [2.24, 2.45) is 5.73 Å². The van der Waals surface area contributed by atoms with Gasteiger partial charge >= 0.3 is 12.7 Å². The Hall–Kier alpha value is -3.70. The van der Waals surface area contributed by atoms with E-state index in [9.17, 15) is 26.7 Å². The molecule has 3 aromatic rings. The number of anilines is 3. The number of aryl methyl sites for hydroxylation is 1. The highest BCUT2D eigenvalue weighted by molar-refractivity contribution is 5.94. The van der Waals surface area contributed by atoms with E-state index in [2.05, 4.69) is 20.7 Å². The largest absolute Gasteiger partial charge is 0.419 e. The number of nitrogens with two attached hydrogens (primary N) is 1. The molecule has 0 aliphatic heterocycles. The molecule has 4 N–H and O–H groups in total. The van der Waals surface area contributed by atoms with E-state index >= 15 is 0 Å². The van der Waals surface area contributed by atoms with Crippen molar-refractivity contribution in [1.29, 1.82) is 0 Å². The van der Waals surface area contributed by atoms with E-state index < -0.39 is 24.2 Å². The van der Waals surface area contributed by atoms with Crippen LogP contribution in [0, 0.1) is 6.92 Å². The molecule has 12 heteroatoms. The maximum absolute atomic E-state index is 13.4. The van der Waals surface area contributed by atoms with Gasteiger partial charge in [0.1, 0.15) is 5.82 Å². The van der Waals surface area contributed by atoms with Gasteiger partial charge in [0, 0.05) is 24.4 Å². The van der Waals surface area contributed by atoms with E-state index in [0.717, 1.165) is 12.3 Å². The number of carbonyl (C=O) groups is 1. The first-order chi connectivity index (χ1) is 14.6. The maximum Gasteiger partial charge on any atom is 0.419 e. The van der Waals surface area contributed by atoms with Crippen LogP contribution in [0.4, 0.5) is 39.1 Å². The van der Waals surface area contributed by atoms with E-state index in [1.54, 1.807) is 18.2 Å². The van der Waals surface area contributed by atoms with Crippen LogP contribution in [0.15, 0.2) is 42.7 Å². The zero-order chi connectivity index (χ0) is 22.8. The molecular weight excluding hydrogens is 423 g/mol. The number of primary amides is 1. The summed E-state index contributed by atoms with van der Waals surface area (Å²) in [7, 11) is 0. The minimum atomic E-state index is -4.70. The molecule has 0 spiro atoms. The standard InChI is InChI=1S/C19H17F5N6O/c1-10-15(9-30(29-10)18(20)21)28-16-6-14(13(8-27-16)19(22,23)24)26-7-11-4-2-3-5-12(11)17(25)31/h2-6,8-9,18H,7H2,1H3,(H2,25,31)(H2,26,27,28). The fourth-order valence-electron chi connectivity index (χ4n) is 2.84. The van der Waals surface area contributed by atoms with Gasteiger partial charge in [-0.15, -0.1) is 0 Å². The number of nitrogens with one attached hydrogen (secondary N) is 2. The third-order valence-corrected chi connectivity index (χ3v) is 4.34. The Balaban J connectivity index is 1.90. The van der Waals surface area contributed by atoms with Gasteiger partial charge in [-0.3, -0.25) is 4.79 Å². The molecule has 2 aromatic heterocycles. The Morgan fingerprint density at radius 2 is 1.94 bits per heavy atom. The van der Waals surface area contributed by atoms with E-state index in [1.165, 1.54) is 13.0 Å². The minimum Gasteiger partial charge on any atom is -0.380 e. The van der Waals surface area contributed by atoms with Crippen LogP contribution in [0.1, 0.15) is 33.7 Å². The second kappa shape index (κ2) is 8.58. The van der Waals surface area contributed by atoms with Crippen molar-refractivity contribution in [1.82, 2.24) is 14.8 Å². The molecule has 3 rings (SSSR count). The molecule has 1 amide bonds. The van der Waals surface area contributed by atoms with Crippen LogP contribution in [0.3, 0.4) is 0 Å². The lowest BCUT2D eigenvalue weighted by molar-refractivity contribution is -0.137. The Morgan fingerprint density at radius 3 is 2.55 bits per heavy atom. The molecule has 0 saturated carbocycles. The average Bonchev–Trinajstić information content (AvgIpc) is 3.06. The van der Waals surface area contributed by atoms with E-state index in [-0.39, 0.29) is 35.0 Å². The number of pyridine rings is 1. The molecule has 7 nitrogen and oxygen atoms in total. The molecule has 0 aliphatic carbocycles. The predicted octanol–water partition coefficient (Wildman–Crippen LogP) is 4.46. The van der Waals surface area contributed by atoms with Gasteiger partial charge in [0.05, 0.1) is 28.8 Å². The van der Waals surface area contributed by atoms with Gasteiger partial charge < -0.3 is 16.4 Å². The normalized spacial score (nSPS) is 11.6. The smallest absolute Gasteiger partial charge is 0.380 e. The molecule has 0 atom stereocenters. The van der Waals surface area contributed by atoms with Crippen LogP contribution in [-0.4, -0.2) is 20.7 Å². The first-order valence-electron chi connectivity index (χ1n) is 8.86. The number of rotatable bonds is 7. The highest BCUT2D eigenvalue weighted by Crippen LogP contribution is 2.36. The summed E-state index contributed by atoms with van der Waals surface area (Å²) in [6, 6.07) is 7.32. The molecule has 0 radical (unpaired) electrons. The van der Waals surface area contributed by atoms with Gasteiger partial charge in [0.2, 0.25) is 5.91 Å². The molecule has 0 aliphatic rings. The van der Waals surface area contributed by atoms with Gasteiger partial charge in [0.25, 0.3) is 0 Å². The summed E-state index contributed by atoms with van der Waals surface area (Å²) in [5.41, 5.74) is 4.91. The highest BCUT2D eigenvalue weighted by atomic mass is 19.4. The molecule has 31 heavy (non-hydrogen) atoms. The number of halogens is 5. The van der Waals surface area contributed by atoms with Crippen molar-refractivity contribution in [2.45, 2.75) is 26.2 Å². The molecule has 0 fully saturated rings. The van der Waals surface area contributed by atoms with E-state index in [0.29, 0.717) is 16.4 Å². The second-order valence-electron chi connectivity index (χ2n) is 6.50. The molecular formula is C19H17F5N6O. The maximum atomic E-state index is 13.4. The lowest BCUT2D eigenvalue weighted by Gasteiger charge is -2.16. The van der Waals surface area contributed by atoms with Gasteiger partial charge in [-0.1, -0.05) is 18.2 Å². The van der Waals surface area contributed by atoms with E-state index in [4.69, 9.17) is 5.73 Å². The topological polar surface area (TPSA) is 97.9 Å². The summed E-state index contributed by atoms with van der Waals surface area (Å²) in [5, 5.41) is 8.96. The van der Waals surface area contributed by atoms with Crippen molar-refractivity contribution >= 4 is 23.1 Å². The summed E-state index contributed by atoms with van der Waals surface area (Å²) in [5.74, 6) is -0.729. The number of alkyl halides is 5. The molecule has 2 heterocycles. The average molecular weight is 440 g/mol. The highest BCUT2D eigenvalue weighted by Gasteiger charge is 2.34. The number of carbonyl (C=O) groups excluding carboxylic acids is 1. The number of hydrogen-bond donors (Lipinski definition) is 3. The van der Waals surface area contributed by atoms with Crippen LogP contribution in [-0.2, 0) is 12.7 Å². The Labute approximate surface area is 173 Å². The lowest BCUT2D eigenvalue weighted by Crippen LogP contribution is -2.16. The Bertz CT molecular complexity index is 1100. The number of hydrogen-bond acceptors (Lipinski definition) is 5. The van der Waals surface area contributed by atoms with Crippen molar-refractivity contribution in [3.05, 3.63) is 65.1 Å². The SMILES string of the molecule is Cc1nn(C(F)F)cc1Nc1cc(NCc2ccccc2C(N)=O)c(C(F)(F)F)cn1. The third kappa shape index (κ3) is 5.08. The third-order valence-electron chi connectivity index (χ3n) is 4.34. The van der Waals surface area contributed by atoms with Crippen LogP contribution in [0.2, 0.25) is 0 Å². The quantitative estimate of drug-likeness (QED) is 0.472. The van der Waals surface area contributed by atoms with Crippen molar-refractivity contribution in [2.75, 3.05) is 10.6 Å². The lowest BCUT2D eigenvalue weighted by atomic mass is 10.1. The summed E-state index contributed by atoms with van der Waals surface area (Å²) < 4.78 is 66.3. The summed E-state index contributed by atoms with van der Waals surface area (Å²) >= 11 is 0. The first-order valence-corrected chi connectivity index (χ1v) is 8.86. The number of nitrogens with zero attached hydrogens (tertiary/aromatic N) is 3. The van der Waals surface area contributed by atoms with Crippen LogP contribution < -0.4 is 16.4 Å². The number of amides is 1. The summed E-state index contributed by atoms with van der Waals surface area (Å²) in [4.78, 5) is 15.3. The first kappa shape index (κ1) is 22.0. The zero-order valence-corrected chi connectivity index (χ0v) is 16.0. The number of aromatic nitrogens is 3. The molecule has 1 aromatic carbocycles. The van der Waals surface area contributed by atoms with Gasteiger partial charge in [0.15, 0.2) is 0 Å². The van der Waals surface area contributed by atoms with Crippen LogP contribution in [0.5, 0.6) is 0 Å². The number of benzene rings is 1. The second-order valence-corrected chi connectivity index (χ2v) is 6.50. The zero-order valence-electron chi connectivity index (χ0n) is 16.0. The minimum absolute atomic E-state index is 0.0180. The molecule has 0 saturated heterocycles. The van der Waals surface area contributed by atoms with Crippen molar-refractivity contribution < 1.29 is 26.7 Å². The summed E-state index contributed by atoms with van der Waals surface area (Å²) in [6.45, 7) is -1.52.